The zero-order valence-electron chi connectivity index (χ0n) is 10.3. The van der Waals surface area contributed by atoms with Gasteiger partial charge in [0.25, 0.3) is 0 Å². The number of hydrogen-bond donors (Lipinski definition) is 2. The van der Waals surface area contributed by atoms with Crippen LogP contribution >= 0.6 is 0 Å². The second-order valence-electron chi connectivity index (χ2n) is 4.64. The molecule has 0 heterocycles. The van der Waals surface area contributed by atoms with Crippen LogP contribution in [0.3, 0.4) is 0 Å². The molecule has 0 bridgehead atoms. The first-order chi connectivity index (χ1) is 7.55. The number of primary amides is 1. The number of alkyl halides is 3. The van der Waals surface area contributed by atoms with E-state index in [0.717, 1.165) is 4.90 Å². The van der Waals surface area contributed by atoms with E-state index < -0.39 is 30.7 Å². The molecular weight excluding hydrogens is 235 g/mol. The lowest BCUT2D eigenvalue weighted by Crippen LogP contribution is -2.57. The van der Waals surface area contributed by atoms with Crippen molar-refractivity contribution < 1.29 is 18.0 Å². The Balaban J connectivity index is 5.00. The standard InChI is InChI=1S/C10H20F3N3O/c1-6(2)4-16(5-8(15)17)9(7(3)14)10(11,12)13/h6-7,9H,4-5,14H2,1-3H3,(H2,15,17). The van der Waals surface area contributed by atoms with Gasteiger partial charge in [0.2, 0.25) is 5.91 Å². The second-order valence-corrected chi connectivity index (χ2v) is 4.64. The Bertz CT molecular complexity index is 254. The summed E-state index contributed by atoms with van der Waals surface area (Å²) < 4.78 is 38.5. The van der Waals surface area contributed by atoms with Gasteiger partial charge >= 0.3 is 6.18 Å². The Labute approximate surface area is 99.1 Å². The normalized spacial score (nSPS) is 16.3. The Morgan fingerprint density at radius 3 is 2.00 bits per heavy atom. The maximum absolute atomic E-state index is 12.8. The lowest BCUT2D eigenvalue weighted by atomic mass is 10.1. The highest BCUT2D eigenvalue weighted by atomic mass is 19.4. The van der Waals surface area contributed by atoms with Gasteiger partial charge in [0.05, 0.1) is 6.54 Å². The van der Waals surface area contributed by atoms with Crippen molar-refractivity contribution >= 4 is 5.91 Å². The van der Waals surface area contributed by atoms with Crippen molar-refractivity contribution in [3.05, 3.63) is 0 Å². The van der Waals surface area contributed by atoms with Gasteiger partial charge in [-0.15, -0.1) is 0 Å². The molecule has 0 radical (unpaired) electrons. The van der Waals surface area contributed by atoms with Crippen molar-refractivity contribution in [3.8, 4) is 0 Å². The minimum atomic E-state index is -4.47. The van der Waals surface area contributed by atoms with Gasteiger partial charge in [-0.2, -0.15) is 13.2 Å². The molecule has 0 rings (SSSR count). The Hall–Kier alpha value is -0.820. The summed E-state index contributed by atoms with van der Waals surface area (Å²) in [5.41, 5.74) is 10.3. The van der Waals surface area contributed by atoms with Crippen LogP contribution in [0.4, 0.5) is 13.2 Å². The van der Waals surface area contributed by atoms with Crippen LogP contribution in [0.1, 0.15) is 20.8 Å². The first kappa shape index (κ1) is 16.2. The molecule has 17 heavy (non-hydrogen) atoms. The lowest BCUT2D eigenvalue weighted by Gasteiger charge is -2.35. The maximum atomic E-state index is 12.8. The molecule has 0 aromatic rings. The number of carbonyl (C=O) groups is 1. The fourth-order valence-electron chi connectivity index (χ4n) is 1.78. The van der Waals surface area contributed by atoms with E-state index in [1.165, 1.54) is 6.92 Å². The topological polar surface area (TPSA) is 72.3 Å². The highest BCUT2D eigenvalue weighted by molar-refractivity contribution is 5.76. The molecule has 0 aromatic carbocycles. The van der Waals surface area contributed by atoms with Crippen LogP contribution in [0.2, 0.25) is 0 Å². The molecular formula is C10H20F3N3O. The van der Waals surface area contributed by atoms with E-state index in [1.807, 2.05) is 0 Å². The van der Waals surface area contributed by atoms with E-state index in [-0.39, 0.29) is 12.5 Å². The minimum absolute atomic E-state index is 0.0158. The third-order valence-corrected chi connectivity index (χ3v) is 2.19. The van der Waals surface area contributed by atoms with Gasteiger partial charge in [-0.3, -0.25) is 9.69 Å². The summed E-state index contributed by atoms with van der Waals surface area (Å²) in [7, 11) is 0. The Morgan fingerprint density at radius 1 is 1.29 bits per heavy atom. The SMILES string of the molecule is CC(C)CN(CC(N)=O)C(C(C)N)C(F)(F)F. The van der Waals surface area contributed by atoms with Crippen LogP contribution < -0.4 is 11.5 Å². The molecule has 0 fully saturated rings. The van der Waals surface area contributed by atoms with Gasteiger partial charge in [-0.1, -0.05) is 13.8 Å². The summed E-state index contributed by atoms with van der Waals surface area (Å²) in [6.07, 6.45) is -4.47. The fourth-order valence-corrected chi connectivity index (χ4v) is 1.78. The maximum Gasteiger partial charge on any atom is 0.405 e. The molecule has 0 saturated carbocycles. The number of hydrogen-bond acceptors (Lipinski definition) is 3. The van der Waals surface area contributed by atoms with Crippen LogP contribution in [0.5, 0.6) is 0 Å². The molecule has 2 unspecified atom stereocenters. The van der Waals surface area contributed by atoms with Crippen molar-refractivity contribution in [2.24, 2.45) is 17.4 Å². The number of amides is 1. The van der Waals surface area contributed by atoms with E-state index in [0.29, 0.717) is 0 Å². The predicted octanol–water partition coefficient (Wildman–Crippen LogP) is 0.708. The number of carbonyl (C=O) groups excluding carboxylic acids is 1. The van der Waals surface area contributed by atoms with Gasteiger partial charge in [-0.05, 0) is 12.8 Å². The summed E-state index contributed by atoms with van der Waals surface area (Å²) >= 11 is 0. The first-order valence-electron chi connectivity index (χ1n) is 5.40. The van der Waals surface area contributed by atoms with E-state index >= 15 is 0 Å². The van der Waals surface area contributed by atoms with Crippen LogP contribution in [0.25, 0.3) is 0 Å². The summed E-state index contributed by atoms with van der Waals surface area (Å²) in [5, 5.41) is 0. The zero-order chi connectivity index (χ0) is 13.8. The minimum Gasteiger partial charge on any atom is -0.369 e. The molecule has 0 aliphatic rings. The van der Waals surface area contributed by atoms with Crippen molar-refractivity contribution in [2.75, 3.05) is 13.1 Å². The second kappa shape index (κ2) is 6.20. The summed E-state index contributed by atoms with van der Waals surface area (Å²) in [4.78, 5) is 11.8. The van der Waals surface area contributed by atoms with Crippen molar-refractivity contribution in [1.82, 2.24) is 4.90 Å². The molecule has 0 saturated heterocycles. The van der Waals surface area contributed by atoms with Crippen molar-refractivity contribution in [2.45, 2.75) is 39.0 Å². The van der Waals surface area contributed by atoms with Crippen molar-refractivity contribution in [1.29, 1.82) is 0 Å². The number of halogens is 3. The summed E-state index contributed by atoms with van der Waals surface area (Å²) in [6.45, 7) is 4.48. The van der Waals surface area contributed by atoms with Gasteiger partial charge < -0.3 is 11.5 Å². The molecule has 4 nitrogen and oxygen atoms in total. The van der Waals surface area contributed by atoms with Crippen LogP contribution in [0, 0.1) is 5.92 Å². The van der Waals surface area contributed by atoms with Gasteiger partial charge in [0.15, 0.2) is 0 Å². The molecule has 0 aliphatic heterocycles. The van der Waals surface area contributed by atoms with E-state index in [4.69, 9.17) is 11.5 Å². The highest BCUT2D eigenvalue weighted by Crippen LogP contribution is 2.27. The number of nitrogens with zero attached hydrogens (tertiary/aromatic N) is 1. The van der Waals surface area contributed by atoms with E-state index in [9.17, 15) is 18.0 Å². The molecule has 1 amide bonds. The summed E-state index contributed by atoms with van der Waals surface area (Å²) in [5.74, 6) is -0.807. The summed E-state index contributed by atoms with van der Waals surface area (Å²) in [6, 6.07) is -2.97. The lowest BCUT2D eigenvalue weighted by molar-refractivity contribution is -0.189. The Morgan fingerprint density at radius 2 is 1.76 bits per heavy atom. The smallest absolute Gasteiger partial charge is 0.369 e. The predicted molar refractivity (Wildman–Crippen MR) is 59.1 cm³/mol. The van der Waals surface area contributed by atoms with Crippen LogP contribution in [-0.4, -0.2) is 42.2 Å². The molecule has 7 heteroatoms. The third kappa shape index (κ3) is 5.88. The van der Waals surface area contributed by atoms with Gasteiger partial charge in [-0.25, -0.2) is 0 Å². The molecule has 102 valence electrons. The quantitative estimate of drug-likeness (QED) is 0.734. The average Bonchev–Trinajstić information content (AvgIpc) is 1.95. The zero-order valence-corrected chi connectivity index (χ0v) is 10.3. The van der Waals surface area contributed by atoms with Gasteiger partial charge in [0.1, 0.15) is 6.04 Å². The monoisotopic (exact) mass is 255 g/mol. The van der Waals surface area contributed by atoms with Crippen molar-refractivity contribution in [3.63, 3.8) is 0 Å². The number of rotatable bonds is 6. The molecule has 0 spiro atoms. The Kier molecular flexibility index (Phi) is 5.91. The van der Waals surface area contributed by atoms with E-state index in [2.05, 4.69) is 0 Å². The molecule has 2 atom stereocenters. The van der Waals surface area contributed by atoms with Crippen LogP contribution in [-0.2, 0) is 4.79 Å². The van der Waals surface area contributed by atoms with Crippen LogP contribution in [0.15, 0.2) is 0 Å². The molecule has 4 N–H and O–H groups in total. The fraction of sp³-hybridized carbons (Fsp3) is 0.900. The van der Waals surface area contributed by atoms with Gasteiger partial charge in [0, 0.05) is 12.6 Å². The first-order valence-corrected chi connectivity index (χ1v) is 5.40. The molecule has 0 aliphatic carbocycles. The third-order valence-electron chi connectivity index (χ3n) is 2.19. The number of nitrogens with two attached hydrogens (primary N) is 2. The molecule has 0 aromatic heterocycles. The largest absolute Gasteiger partial charge is 0.405 e. The van der Waals surface area contributed by atoms with E-state index in [1.54, 1.807) is 13.8 Å². The average molecular weight is 255 g/mol. The highest BCUT2D eigenvalue weighted by Gasteiger charge is 2.46.